The molecule has 2 saturated heterocycles. The molecule has 0 aromatic carbocycles. The number of piperidine rings is 2. The normalized spacial score (nSPS) is 26.5. The first-order valence-electron chi connectivity index (χ1n) is 10.1. The number of esters is 1. The van der Waals surface area contributed by atoms with Gasteiger partial charge >= 0.3 is 12.1 Å². The Hall–Kier alpha value is -1.79. The van der Waals surface area contributed by atoms with Crippen LogP contribution in [0.3, 0.4) is 0 Å². The summed E-state index contributed by atoms with van der Waals surface area (Å²) in [7, 11) is 0. The van der Waals surface area contributed by atoms with Gasteiger partial charge in [-0.3, -0.25) is 4.79 Å². The van der Waals surface area contributed by atoms with Crippen molar-refractivity contribution in [2.45, 2.75) is 84.4 Å². The maximum Gasteiger partial charge on any atom is 0.410 e. The van der Waals surface area contributed by atoms with Gasteiger partial charge < -0.3 is 19.3 Å². The molecule has 0 unspecified atom stereocenters. The Balaban J connectivity index is 2.11. The molecule has 2 rings (SSSR count). The molecule has 2 aliphatic rings. The highest BCUT2D eigenvalue weighted by molar-refractivity contribution is 5.87. The van der Waals surface area contributed by atoms with Gasteiger partial charge in [0, 0.05) is 19.1 Å². The predicted octanol–water partition coefficient (Wildman–Crippen LogP) is 2.97. The van der Waals surface area contributed by atoms with E-state index in [0.717, 1.165) is 19.3 Å². The van der Waals surface area contributed by atoms with Crippen LogP contribution in [0.15, 0.2) is 0 Å². The average Bonchev–Trinajstić information content (AvgIpc) is 2.60. The standard InChI is InChI=1S/C20H34N2O5/c1-6-26-18(24)16-11-7-8-12-22(16)17(23)15-10-9-13-21(14(15)2)19(25)27-20(3,4)5/h14-16H,6-13H2,1-5H3/t14-,15+,16-/m0/s1. The molecule has 0 saturated carbocycles. The summed E-state index contributed by atoms with van der Waals surface area (Å²) >= 11 is 0. The number of likely N-dealkylation sites (tertiary alicyclic amines) is 2. The minimum absolute atomic E-state index is 0.0477. The van der Waals surface area contributed by atoms with Gasteiger partial charge in [-0.25, -0.2) is 9.59 Å². The van der Waals surface area contributed by atoms with Crippen molar-refractivity contribution in [3.8, 4) is 0 Å². The quantitative estimate of drug-likeness (QED) is 0.702. The molecule has 7 nitrogen and oxygen atoms in total. The molecular weight excluding hydrogens is 348 g/mol. The van der Waals surface area contributed by atoms with E-state index in [9.17, 15) is 14.4 Å². The molecule has 2 fully saturated rings. The fourth-order valence-corrected chi connectivity index (χ4v) is 3.94. The summed E-state index contributed by atoms with van der Waals surface area (Å²) in [5.74, 6) is -0.687. The summed E-state index contributed by atoms with van der Waals surface area (Å²) in [4.78, 5) is 41.4. The lowest BCUT2D eigenvalue weighted by molar-refractivity contribution is -0.159. The van der Waals surface area contributed by atoms with E-state index in [2.05, 4.69) is 0 Å². The highest BCUT2D eigenvalue weighted by Gasteiger charge is 2.42. The van der Waals surface area contributed by atoms with Crippen LogP contribution in [0.25, 0.3) is 0 Å². The van der Waals surface area contributed by atoms with Gasteiger partial charge in [0.2, 0.25) is 5.91 Å². The van der Waals surface area contributed by atoms with Crippen molar-refractivity contribution >= 4 is 18.0 Å². The van der Waals surface area contributed by atoms with Crippen LogP contribution in [0.2, 0.25) is 0 Å². The van der Waals surface area contributed by atoms with Gasteiger partial charge in [-0.2, -0.15) is 0 Å². The topological polar surface area (TPSA) is 76.2 Å². The number of amides is 2. The first-order chi connectivity index (χ1) is 12.7. The number of carbonyl (C=O) groups excluding carboxylic acids is 3. The van der Waals surface area contributed by atoms with Crippen molar-refractivity contribution in [3.05, 3.63) is 0 Å². The van der Waals surface area contributed by atoms with Gasteiger partial charge in [-0.05, 0) is 66.7 Å². The van der Waals surface area contributed by atoms with Crippen LogP contribution in [0, 0.1) is 5.92 Å². The van der Waals surface area contributed by atoms with Crippen molar-refractivity contribution < 1.29 is 23.9 Å². The number of ether oxygens (including phenoxy) is 2. The van der Waals surface area contributed by atoms with Gasteiger partial charge in [-0.1, -0.05) is 0 Å². The molecule has 0 aromatic rings. The van der Waals surface area contributed by atoms with Crippen LogP contribution in [0.5, 0.6) is 0 Å². The molecule has 0 radical (unpaired) electrons. The fraction of sp³-hybridized carbons (Fsp3) is 0.850. The lowest BCUT2D eigenvalue weighted by Gasteiger charge is -2.43. The zero-order valence-electron chi connectivity index (χ0n) is 17.3. The Morgan fingerprint density at radius 1 is 1.00 bits per heavy atom. The molecular formula is C20H34N2O5. The fourth-order valence-electron chi connectivity index (χ4n) is 3.94. The van der Waals surface area contributed by atoms with E-state index in [-0.39, 0.29) is 29.9 Å². The van der Waals surface area contributed by atoms with Crippen LogP contribution < -0.4 is 0 Å². The molecule has 2 aliphatic heterocycles. The number of nitrogens with zero attached hydrogens (tertiary/aromatic N) is 2. The second-order valence-electron chi connectivity index (χ2n) is 8.46. The largest absolute Gasteiger partial charge is 0.464 e. The first-order valence-corrected chi connectivity index (χ1v) is 10.1. The molecule has 2 heterocycles. The molecule has 0 N–H and O–H groups in total. The molecule has 0 aromatic heterocycles. The van der Waals surface area contributed by atoms with Gasteiger partial charge in [0.25, 0.3) is 0 Å². The Morgan fingerprint density at radius 3 is 2.30 bits per heavy atom. The summed E-state index contributed by atoms with van der Waals surface area (Å²) in [6.45, 7) is 10.6. The SMILES string of the molecule is CCOC(=O)[C@@H]1CCCCN1C(=O)[C@@H]1CCCN(C(=O)OC(C)(C)C)[C@H]1C. The van der Waals surface area contributed by atoms with E-state index in [1.807, 2.05) is 27.7 Å². The number of hydrogen-bond acceptors (Lipinski definition) is 5. The number of rotatable bonds is 3. The summed E-state index contributed by atoms with van der Waals surface area (Å²) in [6.07, 6.45) is 3.52. The van der Waals surface area contributed by atoms with Crippen LogP contribution >= 0.6 is 0 Å². The average molecular weight is 383 g/mol. The lowest BCUT2D eigenvalue weighted by Crippen LogP contribution is -2.57. The van der Waals surface area contributed by atoms with E-state index in [1.54, 1.807) is 16.7 Å². The monoisotopic (exact) mass is 382 g/mol. The molecule has 0 aliphatic carbocycles. The molecule has 0 bridgehead atoms. The number of hydrogen-bond donors (Lipinski definition) is 0. The van der Waals surface area contributed by atoms with Crippen LogP contribution in [0.4, 0.5) is 4.79 Å². The van der Waals surface area contributed by atoms with Gasteiger partial charge in [-0.15, -0.1) is 0 Å². The highest BCUT2D eigenvalue weighted by Crippen LogP contribution is 2.30. The summed E-state index contributed by atoms with van der Waals surface area (Å²) in [5.41, 5.74) is -0.574. The smallest absolute Gasteiger partial charge is 0.410 e. The third kappa shape index (κ3) is 5.36. The van der Waals surface area contributed by atoms with Crippen molar-refractivity contribution in [2.24, 2.45) is 5.92 Å². The zero-order valence-corrected chi connectivity index (χ0v) is 17.3. The van der Waals surface area contributed by atoms with E-state index < -0.39 is 11.6 Å². The predicted molar refractivity (Wildman–Crippen MR) is 101 cm³/mol. The van der Waals surface area contributed by atoms with E-state index in [0.29, 0.717) is 32.5 Å². The van der Waals surface area contributed by atoms with Gasteiger partial charge in [0.15, 0.2) is 0 Å². The molecule has 0 spiro atoms. The van der Waals surface area contributed by atoms with Crippen molar-refractivity contribution in [1.82, 2.24) is 9.80 Å². The third-order valence-corrected chi connectivity index (χ3v) is 5.28. The molecule has 7 heteroatoms. The van der Waals surface area contributed by atoms with Gasteiger partial charge in [0.1, 0.15) is 11.6 Å². The lowest BCUT2D eigenvalue weighted by atomic mass is 9.87. The molecule has 2 amide bonds. The van der Waals surface area contributed by atoms with Crippen molar-refractivity contribution in [1.29, 1.82) is 0 Å². The second-order valence-corrected chi connectivity index (χ2v) is 8.46. The Bertz CT molecular complexity index is 557. The minimum atomic E-state index is -0.574. The Kier molecular flexibility index (Phi) is 7.12. The second kappa shape index (κ2) is 8.93. The van der Waals surface area contributed by atoms with E-state index in [1.165, 1.54) is 0 Å². The summed E-state index contributed by atoms with van der Waals surface area (Å²) in [5, 5.41) is 0. The van der Waals surface area contributed by atoms with Crippen LogP contribution in [-0.2, 0) is 19.1 Å². The maximum absolute atomic E-state index is 13.3. The van der Waals surface area contributed by atoms with Crippen molar-refractivity contribution in [2.75, 3.05) is 19.7 Å². The molecule has 154 valence electrons. The number of carbonyl (C=O) groups is 3. The maximum atomic E-state index is 13.3. The molecule has 3 atom stereocenters. The minimum Gasteiger partial charge on any atom is -0.464 e. The van der Waals surface area contributed by atoms with Crippen LogP contribution in [-0.4, -0.2) is 65.2 Å². The van der Waals surface area contributed by atoms with E-state index >= 15 is 0 Å². The van der Waals surface area contributed by atoms with Crippen LogP contribution in [0.1, 0.15) is 66.7 Å². The van der Waals surface area contributed by atoms with Crippen molar-refractivity contribution in [3.63, 3.8) is 0 Å². The summed E-state index contributed by atoms with van der Waals surface area (Å²) in [6, 6.07) is -0.763. The highest BCUT2D eigenvalue weighted by atomic mass is 16.6. The molecule has 27 heavy (non-hydrogen) atoms. The Labute approximate surface area is 162 Å². The zero-order chi connectivity index (χ0) is 20.2. The van der Waals surface area contributed by atoms with Gasteiger partial charge in [0.05, 0.1) is 12.5 Å². The summed E-state index contributed by atoms with van der Waals surface area (Å²) < 4.78 is 10.7. The third-order valence-electron chi connectivity index (χ3n) is 5.28. The van der Waals surface area contributed by atoms with E-state index in [4.69, 9.17) is 9.47 Å². The first kappa shape index (κ1) is 21.5. The Morgan fingerprint density at radius 2 is 1.67 bits per heavy atom.